The van der Waals surface area contributed by atoms with Crippen molar-refractivity contribution in [3.05, 3.63) is 46.9 Å². The molecule has 0 radical (unpaired) electrons. The number of nitrogens with zero attached hydrogens (tertiary/aromatic N) is 3. The van der Waals surface area contributed by atoms with Crippen LogP contribution in [0.4, 0.5) is 11.6 Å². The Balaban J connectivity index is 1.93. The van der Waals surface area contributed by atoms with Gasteiger partial charge in [0.1, 0.15) is 11.6 Å². The van der Waals surface area contributed by atoms with E-state index in [2.05, 4.69) is 36.1 Å². The molecule has 7 heteroatoms. The zero-order valence-electron chi connectivity index (χ0n) is 15.7. The summed E-state index contributed by atoms with van der Waals surface area (Å²) in [6.07, 6.45) is 4.84. The molecule has 0 amide bonds. The first-order valence-corrected chi connectivity index (χ1v) is 10.1. The number of hydrogen-bond acceptors (Lipinski definition) is 7. The fourth-order valence-corrected chi connectivity index (χ4v) is 4.56. The van der Waals surface area contributed by atoms with E-state index in [1.54, 1.807) is 24.2 Å². The Hall–Kier alpha value is -2.41. The highest BCUT2D eigenvalue weighted by Crippen LogP contribution is 2.49. The fourth-order valence-electron chi connectivity index (χ4n) is 3.99. The van der Waals surface area contributed by atoms with Gasteiger partial charge in [0.25, 0.3) is 0 Å². The van der Waals surface area contributed by atoms with E-state index in [0.717, 1.165) is 34.6 Å². The van der Waals surface area contributed by atoms with Crippen molar-refractivity contribution in [3.63, 3.8) is 0 Å². The SMILES string of the molecule is CCSc1nc(N)c2c(n1)NC1=C(C(=O)CC(C)(C)C1)[C@H]2c1cccnc1. The van der Waals surface area contributed by atoms with Crippen LogP contribution in [0.3, 0.4) is 0 Å². The maximum absolute atomic E-state index is 13.1. The van der Waals surface area contributed by atoms with E-state index in [1.807, 2.05) is 12.1 Å². The number of anilines is 2. The highest BCUT2D eigenvalue weighted by atomic mass is 32.2. The van der Waals surface area contributed by atoms with Crippen molar-refractivity contribution in [1.29, 1.82) is 0 Å². The molecule has 0 fully saturated rings. The van der Waals surface area contributed by atoms with E-state index in [4.69, 9.17) is 10.7 Å². The number of ketones is 1. The number of nitrogen functional groups attached to an aromatic ring is 1. The van der Waals surface area contributed by atoms with Gasteiger partial charge in [0.2, 0.25) is 0 Å². The summed E-state index contributed by atoms with van der Waals surface area (Å²) >= 11 is 1.55. The highest BCUT2D eigenvalue weighted by Gasteiger charge is 2.42. The van der Waals surface area contributed by atoms with E-state index in [9.17, 15) is 4.79 Å². The van der Waals surface area contributed by atoms with Crippen molar-refractivity contribution in [1.82, 2.24) is 15.0 Å². The van der Waals surface area contributed by atoms with E-state index < -0.39 is 0 Å². The quantitative estimate of drug-likeness (QED) is 0.617. The first-order valence-electron chi connectivity index (χ1n) is 9.13. The number of Topliss-reactive ketones (excluding diaryl/α,β-unsaturated/α-hetero) is 1. The van der Waals surface area contributed by atoms with Gasteiger partial charge in [-0.1, -0.05) is 38.6 Å². The number of thioether (sulfide) groups is 1. The number of rotatable bonds is 3. The molecule has 2 aromatic heterocycles. The van der Waals surface area contributed by atoms with Gasteiger partial charge in [0.05, 0.1) is 0 Å². The van der Waals surface area contributed by atoms with Crippen LogP contribution < -0.4 is 11.1 Å². The lowest BCUT2D eigenvalue weighted by Crippen LogP contribution is -2.34. The number of nitrogens with one attached hydrogen (secondary N) is 1. The molecule has 0 aromatic carbocycles. The Morgan fingerprint density at radius 1 is 1.33 bits per heavy atom. The topological polar surface area (TPSA) is 93.8 Å². The van der Waals surface area contributed by atoms with Crippen LogP contribution in [0, 0.1) is 5.41 Å². The van der Waals surface area contributed by atoms with Gasteiger partial charge in [-0.25, -0.2) is 9.97 Å². The van der Waals surface area contributed by atoms with Gasteiger partial charge in [-0.05, 0) is 29.2 Å². The molecule has 4 rings (SSSR count). The van der Waals surface area contributed by atoms with E-state index >= 15 is 0 Å². The molecule has 3 heterocycles. The maximum atomic E-state index is 13.1. The lowest BCUT2D eigenvalue weighted by molar-refractivity contribution is -0.118. The molecule has 2 aromatic rings. The van der Waals surface area contributed by atoms with E-state index in [-0.39, 0.29) is 17.1 Å². The fraction of sp³-hybridized carbons (Fsp3) is 0.400. The second kappa shape index (κ2) is 6.64. The van der Waals surface area contributed by atoms with E-state index in [1.165, 1.54) is 0 Å². The van der Waals surface area contributed by atoms with Gasteiger partial charge in [-0.2, -0.15) is 0 Å². The lowest BCUT2D eigenvalue weighted by Gasteiger charge is -2.39. The van der Waals surface area contributed by atoms with Gasteiger partial charge in [-0.15, -0.1) is 0 Å². The molecule has 3 N–H and O–H groups in total. The molecule has 0 saturated carbocycles. The summed E-state index contributed by atoms with van der Waals surface area (Å²) in [6.45, 7) is 6.30. The average Bonchev–Trinajstić information content (AvgIpc) is 2.60. The van der Waals surface area contributed by atoms with Crippen molar-refractivity contribution in [2.24, 2.45) is 5.41 Å². The van der Waals surface area contributed by atoms with Gasteiger partial charge in [0, 0.05) is 41.6 Å². The minimum absolute atomic E-state index is 0.0838. The lowest BCUT2D eigenvalue weighted by atomic mass is 9.69. The van der Waals surface area contributed by atoms with Crippen LogP contribution in [0.15, 0.2) is 41.0 Å². The predicted octanol–water partition coefficient (Wildman–Crippen LogP) is 3.77. The molecule has 0 saturated heterocycles. The molecule has 2 aliphatic rings. The Kier molecular flexibility index (Phi) is 4.42. The second-order valence-corrected chi connectivity index (χ2v) is 9.00. The summed E-state index contributed by atoms with van der Waals surface area (Å²) in [4.78, 5) is 26.6. The van der Waals surface area contributed by atoms with Crippen LogP contribution in [-0.4, -0.2) is 26.5 Å². The number of hydrogen-bond donors (Lipinski definition) is 2. The van der Waals surface area contributed by atoms with Crippen LogP contribution >= 0.6 is 11.8 Å². The number of allylic oxidation sites excluding steroid dienone is 2. The molecule has 0 spiro atoms. The first-order chi connectivity index (χ1) is 12.9. The molecule has 6 nitrogen and oxygen atoms in total. The Labute approximate surface area is 163 Å². The molecular weight excluding hydrogens is 358 g/mol. The molecule has 1 aliphatic carbocycles. The van der Waals surface area contributed by atoms with Crippen LogP contribution in [-0.2, 0) is 4.79 Å². The highest BCUT2D eigenvalue weighted by molar-refractivity contribution is 7.99. The molecular formula is C20H23N5OS. The number of aromatic nitrogens is 3. The summed E-state index contributed by atoms with van der Waals surface area (Å²) in [5, 5.41) is 4.07. The normalized spacial score (nSPS) is 20.7. The molecule has 0 bridgehead atoms. The molecule has 140 valence electrons. The Bertz CT molecular complexity index is 939. The third-order valence-electron chi connectivity index (χ3n) is 5.01. The summed E-state index contributed by atoms with van der Waals surface area (Å²) in [5.41, 5.74) is 9.71. The maximum Gasteiger partial charge on any atom is 0.191 e. The number of fused-ring (bicyclic) bond motifs is 1. The standard InChI is InChI=1S/C20H23N5OS/c1-4-27-19-24-17(21)16-14(11-6-5-7-22-10-11)15-12(23-18(16)25-19)8-20(2,3)9-13(15)26/h5-7,10,14H,4,8-9H2,1-3H3,(H3,21,23,24,25)/t14-/m1/s1. The summed E-state index contributed by atoms with van der Waals surface area (Å²) in [7, 11) is 0. The number of pyridine rings is 1. The second-order valence-electron chi connectivity index (χ2n) is 7.76. The van der Waals surface area contributed by atoms with Crippen LogP contribution in [0.2, 0.25) is 0 Å². The van der Waals surface area contributed by atoms with Gasteiger partial charge in [0.15, 0.2) is 10.9 Å². The van der Waals surface area contributed by atoms with Crippen molar-refractivity contribution in [3.8, 4) is 0 Å². The minimum Gasteiger partial charge on any atom is -0.383 e. The number of carbonyl (C=O) groups is 1. The third kappa shape index (κ3) is 3.20. The molecule has 0 unspecified atom stereocenters. The summed E-state index contributed by atoms with van der Waals surface area (Å²) in [6, 6.07) is 3.87. The Morgan fingerprint density at radius 2 is 2.15 bits per heavy atom. The first kappa shape index (κ1) is 18.0. The van der Waals surface area contributed by atoms with Crippen LogP contribution in [0.25, 0.3) is 0 Å². The molecule has 1 aliphatic heterocycles. The summed E-state index contributed by atoms with van der Waals surface area (Å²) in [5.74, 6) is 1.86. The van der Waals surface area contributed by atoms with Gasteiger partial charge >= 0.3 is 0 Å². The van der Waals surface area contributed by atoms with Gasteiger partial charge < -0.3 is 11.1 Å². The van der Waals surface area contributed by atoms with Crippen LogP contribution in [0.5, 0.6) is 0 Å². The monoisotopic (exact) mass is 381 g/mol. The number of nitrogens with two attached hydrogens (primary N) is 1. The summed E-state index contributed by atoms with van der Waals surface area (Å²) < 4.78 is 0. The largest absolute Gasteiger partial charge is 0.383 e. The van der Waals surface area contributed by atoms with Crippen molar-refractivity contribution in [2.45, 2.75) is 44.7 Å². The predicted molar refractivity (Wildman–Crippen MR) is 108 cm³/mol. The van der Waals surface area contributed by atoms with Crippen molar-refractivity contribution < 1.29 is 4.79 Å². The smallest absolute Gasteiger partial charge is 0.191 e. The zero-order chi connectivity index (χ0) is 19.2. The van der Waals surface area contributed by atoms with Crippen molar-refractivity contribution in [2.75, 3.05) is 16.8 Å². The zero-order valence-corrected chi connectivity index (χ0v) is 16.6. The van der Waals surface area contributed by atoms with Gasteiger partial charge in [-0.3, -0.25) is 9.78 Å². The number of carbonyl (C=O) groups excluding carboxylic acids is 1. The minimum atomic E-state index is -0.283. The van der Waals surface area contributed by atoms with E-state index in [0.29, 0.717) is 23.2 Å². The van der Waals surface area contributed by atoms with Crippen LogP contribution in [0.1, 0.15) is 50.7 Å². The average molecular weight is 382 g/mol. The third-order valence-corrected chi connectivity index (χ3v) is 5.74. The van der Waals surface area contributed by atoms with Crippen molar-refractivity contribution >= 4 is 29.2 Å². The Morgan fingerprint density at radius 3 is 2.85 bits per heavy atom. The molecule has 1 atom stereocenters. The molecule has 27 heavy (non-hydrogen) atoms.